The molecule has 1 N–H and O–H groups in total. The first-order valence-electron chi connectivity index (χ1n) is 6.03. The average Bonchev–Trinajstić information content (AvgIpc) is 2.39. The van der Waals surface area contributed by atoms with Crippen LogP contribution in [0.4, 0.5) is 5.69 Å². The van der Waals surface area contributed by atoms with Gasteiger partial charge < -0.3 is 4.74 Å². The van der Waals surface area contributed by atoms with Gasteiger partial charge in [0.1, 0.15) is 12.4 Å². The average molecular weight is 253 g/mol. The molecule has 6 nitrogen and oxygen atoms in total. The normalized spacial score (nSPS) is 10.6. The molecule has 1 aromatic rings. The number of hydrazine groups is 1. The summed E-state index contributed by atoms with van der Waals surface area (Å²) in [7, 11) is 0. The molecule has 100 valence electrons. The van der Waals surface area contributed by atoms with Crippen molar-refractivity contribution in [2.75, 3.05) is 26.2 Å². The van der Waals surface area contributed by atoms with Gasteiger partial charge in [0.25, 0.3) is 5.69 Å². The molecule has 0 bridgehead atoms. The molecule has 6 heteroatoms. The van der Waals surface area contributed by atoms with E-state index in [9.17, 15) is 10.1 Å². The summed E-state index contributed by atoms with van der Waals surface area (Å²) in [6, 6.07) is 6.20. The molecule has 18 heavy (non-hydrogen) atoms. The van der Waals surface area contributed by atoms with Gasteiger partial charge in [0.15, 0.2) is 0 Å². The fourth-order valence-electron chi connectivity index (χ4n) is 1.51. The Balaban J connectivity index is 2.35. The summed E-state index contributed by atoms with van der Waals surface area (Å²) >= 11 is 0. The Morgan fingerprint density at radius 3 is 2.72 bits per heavy atom. The molecule has 1 aromatic carbocycles. The first-order chi connectivity index (χ1) is 8.67. The molecule has 0 aliphatic carbocycles. The third kappa shape index (κ3) is 4.68. The van der Waals surface area contributed by atoms with Crippen LogP contribution in [-0.2, 0) is 0 Å². The van der Waals surface area contributed by atoms with Crippen LogP contribution in [0.1, 0.15) is 13.8 Å². The first-order valence-corrected chi connectivity index (χ1v) is 6.03. The van der Waals surface area contributed by atoms with Crippen molar-refractivity contribution in [1.29, 1.82) is 0 Å². The van der Waals surface area contributed by atoms with Gasteiger partial charge >= 0.3 is 0 Å². The molecule has 0 saturated carbocycles. The molecule has 0 heterocycles. The molecular weight excluding hydrogens is 234 g/mol. The molecule has 0 unspecified atom stereocenters. The summed E-state index contributed by atoms with van der Waals surface area (Å²) in [4.78, 5) is 10.2. The molecule has 0 atom stereocenters. The number of nitrogens with zero attached hydrogens (tertiary/aromatic N) is 2. The van der Waals surface area contributed by atoms with Crippen molar-refractivity contribution < 1.29 is 9.66 Å². The predicted octanol–water partition coefficient (Wildman–Crippen LogP) is 1.82. The van der Waals surface area contributed by atoms with E-state index in [-0.39, 0.29) is 5.69 Å². The molecule has 0 aliphatic heterocycles. The molecule has 0 fully saturated rings. The Labute approximate surface area is 107 Å². The minimum Gasteiger partial charge on any atom is -0.492 e. The van der Waals surface area contributed by atoms with Crippen LogP contribution in [0.2, 0.25) is 0 Å². The second-order valence-corrected chi connectivity index (χ2v) is 3.68. The van der Waals surface area contributed by atoms with Gasteiger partial charge in [-0.05, 0) is 6.07 Å². The van der Waals surface area contributed by atoms with Crippen molar-refractivity contribution in [2.45, 2.75) is 13.8 Å². The van der Waals surface area contributed by atoms with Crippen LogP contribution in [0.25, 0.3) is 0 Å². The number of rotatable bonds is 8. The van der Waals surface area contributed by atoms with Crippen molar-refractivity contribution in [2.24, 2.45) is 0 Å². The van der Waals surface area contributed by atoms with Gasteiger partial charge in [-0.15, -0.1) is 0 Å². The topological polar surface area (TPSA) is 67.6 Å². The van der Waals surface area contributed by atoms with Crippen molar-refractivity contribution >= 4 is 5.69 Å². The molecular formula is C12H19N3O3. The van der Waals surface area contributed by atoms with Gasteiger partial charge in [-0.25, -0.2) is 5.01 Å². The highest BCUT2D eigenvalue weighted by atomic mass is 16.6. The lowest BCUT2D eigenvalue weighted by Crippen LogP contribution is -2.39. The number of nitro benzene ring substituents is 1. The van der Waals surface area contributed by atoms with E-state index >= 15 is 0 Å². The van der Waals surface area contributed by atoms with E-state index in [4.69, 9.17) is 4.74 Å². The highest BCUT2D eigenvalue weighted by Crippen LogP contribution is 2.18. The second kappa shape index (κ2) is 7.62. The highest BCUT2D eigenvalue weighted by molar-refractivity contribution is 5.37. The summed E-state index contributed by atoms with van der Waals surface area (Å²) in [6.45, 7) is 7.12. The van der Waals surface area contributed by atoms with Crippen molar-refractivity contribution in [1.82, 2.24) is 10.4 Å². The maximum atomic E-state index is 10.6. The van der Waals surface area contributed by atoms with Gasteiger partial charge in [-0.1, -0.05) is 19.9 Å². The number of non-ortho nitro benzene ring substituents is 1. The molecule has 0 spiro atoms. The minimum atomic E-state index is -0.430. The Kier molecular flexibility index (Phi) is 6.10. The fourth-order valence-corrected chi connectivity index (χ4v) is 1.51. The van der Waals surface area contributed by atoms with Crippen LogP contribution in [-0.4, -0.2) is 36.2 Å². The van der Waals surface area contributed by atoms with Gasteiger partial charge in [-0.2, -0.15) is 0 Å². The maximum Gasteiger partial charge on any atom is 0.273 e. The number of nitrogens with one attached hydrogen (secondary N) is 1. The van der Waals surface area contributed by atoms with E-state index in [0.717, 1.165) is 13.1 Å². The van der Waals surface area contributed by atoms with Crippen LogP contribution in [0, 0.1) is 10.1 Å². The van der Waals surface area contributed by atoms with Crippen LogP contribution in [0.5, 0.6) is 5.75 Å². The molecule has 1 rings (SSSR count). The Hall–Kier alpha value is -1.66. The maximum absolute atomic E-state index is 10.6. The summed E-state index contributed by atoms with van der Waals surface area (Å²) in [5.74, 6) is 0.519. The van der Waals surface area contributed by atoms with Gasteiger partial charge in [0, 0.05) is 25.7 Å². The van der Waals surface area contributed by atoms with Crippen LogP contribution >= 0.6 is 0 Å². The van der Waals surface area contributed by atoms with E-state index < -0.39 is 4.92 Å². The number of benzene rings is 1. The van der Waals surface area contributed by atoms with Crippen LogP contribution < -0.4 is 10.2 Å². The number of ether oxygens (including phenoxy) is 1. The number of hydrogen-bond acceptors (Lipinski definition) is 5. The predicted molar refractivity (Wildman–Crippen MR) is 69.5 cm³/mol. The van der Waals surface area contributed by atoms with E-state index in [1.54, 1.807) is 12.1 Å². The molecule has 0 saturated heterocycles. The van der Waals surface area contributed by atoms with E-state index in [1.807, 2.05) is 0 Å². The number of hydrogen-bond donors (Lipinski definition) is 1. The lowest BCUT2D eigenvalue weighted by Gasteiger charge is -2.19. The monoisotopic (exact) mass is 253 g/mol. The SMILES string of the molecule is CCN(CC)NCCOc1cccc([N+](=O)[O-])c1. The van der Waals surface area contributed by atoms with Crippen LogP contribution in [0.15, 0.2) is 24.3 Å². The summed E-state index contributed by atoms with van der Waals surface area (Å²) in [5.41, 5.74) is 3.25. The lowest BCUT2D eigenvalue weighted by atomic mass is 10.3. The third-order valence-corrected chi connectivity index (χ3v) is 2.50. The van der Waals surface area contributed by atoms with Crippen molar-refractivity contribution in [3.8, 4) is 5.75 Å². The Morgan fingerprint density at radius 1 is 1.39 bits per heavy atom. The smallest absolute Gasteiger partial charge is 0.273 e. The fraction of sp³-hybridized carbons (Fsp3) is 0.500. The minimum absolute atomic E-state index is 0.0456. The third-order valence-electron chi connectivity index (χ3n) is 2.50. The summed E-state index contributed by atoms with van der Waals surface area (Å²) < 4.78 is 5.44. The summed E-state index contributed by atoms with van der Waals surface area (Å²) in [6.07, 6.45) is 0. The number of nitro groups is 1. The first kappa shape index (κ1) is 14.4. The Bertz CT molecular complexity index is 381. The van der Waals surface area contributed by atoms with E-state index in [2.05, 4.69) is 24.3 Å². The van der Waals surface area contributed by atoms with Crippen LogP contribution in [0.3, 0.4) is 0 Å². The zero-order chi connectivity index (χ0) is 13.4. The van der Waals surface area contributed by atoms with E-state index in [0.29, 0.717) is 18.9 Å². The quantitative estimate of drug-likeness (QED) is 0.435. The highest BCUT2D eigenvalue weighted by Gasteiger charge is 2.06. The Morgan fingerprint density at radius 2 is 2.11 bits per heavy atom. The van der Waals surface area contributed by atoms with Gasteiger partial charge in [-0.3, -0.25) is 15.5 Å². The van der Waals surface area contributed by atoms with Gasteiger partial charge in [0.2, 0.25) is 0 Å². The van der Waals surface area contributed by atoms with Gasteiger partial charge in [0.05, 0.1) is 11.0 Å². The molecule has 0 aromatic heterocycles. The van der Waals surface area contributed by atoms with Crippen molar-refractivity contribution in [3.63, 3.8) is 0 Å². The molecule has 0 amide bonds. The molecule has 0 radical (unpaired) electrons. The largest absolute Gasteiger partial charge is 0.492 e. The lowest BCUT2D eigenvalue weighted by molar-refractivity contribution is -0.384. The molecule has 0 aliphatic rings. The summed E-state index contributed by atoms with van der Waals surface area (Å²) in [5, 5.41) is 12.6. The van der Waals surface area contributed by atoms with E-state index in [1.165, 1.54) is 12.1 Å². The zero-order valence-electron chi connectivity index (χ0n) is 10.8. The second-order valence-electron chi connectivity index (χ2n) is 3.68. The standard InChI is InChI=1S/C12H19N3O3/c1-3-14(4-2)13-8-9-18-12-7-5-6-11(10-12)15(16)17/h5-7,10,13H,3-4,8-9H2,1-2H3. The van der Waals surface area contributed by atoms with Crippen molar-refractivity contribution in [3.05, 3.63) is 34.4 Å². The zero-order valence-corrected chi connectivity index (χ0v) is 10.8.